The lowest BCUT2D eigenvalue weighted by Crippen LogP contribution is -2.12. The minimum atomic E-state index is 0.0910. The van der Waals surface area contributed by atoms with E-state index in [1.807, 2.05) is 71.6 Å². The van der Waals surface area contributed by atoms with Crippen LogP contribution in [0.2, 0.25) is 0 Å². The first kappa shape index (κ1) is 13.8. The summed E-state index contributed by atoms with van der Waals surface area (Å²) in [5.41, 5.74) is 3.11. The summed E-state index contributed by atoms with van der Waals surface area (Å²) in [5, 5.41) is 0. The molecule has 112 valence electrons. The average molecular weight is 299 g/mol. The van der Waals surface area contributed by atoms with E-state index >= 15 is 0 Å². The fraction of sp³-hybridized carbons (Fsp3) is 0.0952. The molecule has 1 amide bonds. The van der Waals surface area contributed by atoms with Crippen molar-refractivity contribution in [2.45, 2.75) is 12.1 Å². The maximum absolute atomic E-state index is 12.9. The number of hydrogen-bond acceptors (Lipinski definition) is 1. The molecule has 3 aromatic carbocycles. The van der Waals surface area contributed by atoms with Crippen LogP contribution in [0.1, 0.15) is 33.6 Å². The zero-order chi connectivity index (χ0) is 15.6. The standard InChI is InChI=1S/C21H17NO/c23-21(18-14-8-3-9-15-18)22-19(16-10-4-1-5-11-16)20(22)17-12-6-2-7-13-17/h1-15,19-20H/t19-,20+,22?. The molecule has 0 spiro atoms. The van der Waals surface area contributed by atoms with Crippen molar-refractivity contribution in [3.8, 4) is 0 Å². The SMILES string of the molecule is O=C(c1ccccc1)N1[C@H](c2ccccc2)[C@@H]1c1ccccc1. The predicted molar refractivity (Wildman–Crippen MR) is 91.0 cm³/mol. The second-order valence-electron chi connectivity index (χ2n) is 5.79. The van der Waals surface area contributed by atoms with Crippen molar-refractivity contribution in [1.29, 1.82) is 0 Å². The van der Waals surface area contributed by atoms with Gasteiger partial charge in [0.1, 0.15) is 0 Å². The number of rotatable bonds is 3. The quantitative estimate of drug-likeness (QED) is 0.646. The highest BCUT2D eigenvalue weighted by molar-refractivity contribution is 5.96. The topological polar surface area (TPSA) is 20.1 Å². The predicted octanol–water partition coefficient (Wildman–Crippen LogP) is 4.63. The van der Waals surface area contributed by atoms with Gasteiger partial charge in [-0.15, -0.1) is 0 Å². The van der Waals surface area contributed by atoms with E-state index in [0.717, 1.165) is 5.56 Å². The Morgan fingerprint density at radius 3 is 1.43 bits per heavy atom. The second-order valence-corrected chi connectivity index (χ2v) is 5.79. The summed E-state index contributed by atoms with van der Waals surface area (Å²) in [6.07, 6.45) is 0. The monoisotopic (exact) mass is 299 g/mol. The van der Waals surface area contributed by atoms with Crippen molar-refractivity contribution in [3.05, 3.63) is 108 Å². The van der Waals surface area contributed by atoms with E-state index in [1.165, 1.54) is 11.1 Å². The van der Waals surface area contributed by atoms with Crippen LogP contribution in [0.3, 0.4) is 0 Å². The summed E-state index contributed by atoms with van der Waals surface area (Å²) in [4.78, 5) is 14.9. The summed E-state index contributed by atoms with van der Waals surface area (Å²) in [5.74, 6) is 0.0910. The Morgan fingerprint density at radius 2 is 1.00 bits per heavy atom. The molecule has 1 aliphatic rings. The molecule has 0 saturated carbocycles. The first-order valence-electron chi connectivity index (χ1n) is 7.84. The Balaban J connectivity index is 1.70. The van der Waals surface area contributed by atoms with Gasteiger partial charge >= 0.3 is 0 Å². The van der Waals surface area contributed by atoms with Gasteiger partial charge in [0.15, 0.2) is 0 Å². The third-order valence-electron chi connectivity index (χ3n) is 4.35. The maximum atomic E-state index is 12.9. The normalized spacial score (nSPS) is 19.4. The number of carbonyl (C=O) groups is 1. The molecular weight excluding hydrogens is 282 g/mol. The van der Waals surface area contributed by atoms with Gasteiger partial charge in [-0.1, -0.05) is 78.9 Å². The molecule has 2 atom stereocenters. The Kier molecular flexibility index (Phi) is 3.43. The molecule has 1 heterocycles. The van der Waals surface area contributed by atoms with E-state index in [1.54, 1.807) is 0 Å². The summed E-state index contributed by atoms with van der Waals surface area (Å²) >= 11 is 0. The zero-order valence-corrected chi connectivity index (χ0v) is 12.7. The Labute approximate surface area is 136 Å². The van der Waals surface area contributed by atoms with Crippen LogP contribution in [0, 0.1) is 0 Å². The van der Waals surface area contributed by atoms with Crippen LogP contribution in [0.15, 0.2) is 91.0 Å². The largest absolute Gasteiger partial charge is 0.320 e. The van der Waals surface area contributed by atoms with Crippen molar-refractivity contribution in [2.75, 3.05) is 0 Å². The molecule has 23 heavy (non-hydrogen) atoms. The van der Waals surface area contributed by atoms with Gasteiger partial charge in [-0.25, -0.2) is 0 Å². The molecule has 1 saturated heterocycles. The maximum Gasteiger partial charge on any atom is 0.255 e. The van der Waals surface area contributed by atoms with Gasteiger partial charge in [0.25, 0.3) is 5.91 Å². The molecule has 0 aliphatic carbocycles. The molecule has 2 heteroatoms. The van der Waals surface area contributed by atoms with Gasteiger partial charge in [-0.3, -0.25) is 4.79 Å². The minimum Gasteiger partial charge on any atom is -0.320 e. The molecule has 0 bridgehead atoms. The van der Waals surface area contributed by atoms with Crippen molar-refractivity contribution in [3.63, 3.8) is 0 Å². The molecule has 3 aromatic rings. The molecule has 0 unspecified atom stereocenters. The number of amides is 1. The average Bonchev–Trinajstić information content (AvgIpc) is 3.39. The van der Waals surface area contributed by atoms with Crippen LogP contribution >= 0.6 is 0 Å². The second kappa shape index (κ2) is 5.73. The lowest BCUT2D eigenvalue weighted by atomic mass is 10.0. The summed E-state index contributed by atoms with van der Waals surface area (Å²) in [6, 6.07) is 30.3. The third-order valence-corrected chi connectivity index (χ3v) is 4.35. The third kappa shape index (κ3) is 2.53. The number of hydrogen-bond donors (Lipinski definition) is 0. The van der Waals surface area contributed by atoms with E-state index in [2.05, 4.69) is 24.3 Å². The first-order chi connectivity index (χ1) is 11.4. The molecular formula is C21H17NO. The van der Waals surface area contributed by atoms with E-state index in [4.69, 9.17) is 0 Å². The molecule has 1 fully saturated rings. The van der Waals surface area contributed by atoms with Gasteiger partial charge in [-0.05, 0) is 23.3 Å². The Bertz CT molecular complexity index is 754. The van der Waals surface area contributed by atoms with Gasteiger partial charge in [0.05, 0.1) is 12.1 Å². The van der Waals surface area contributed by atoms with Crippen LogP contribution in [-0.2, 0) is 0 Å². The smallest absolute Gasteiger partial charge is 0.255 e. The van der Waals surface area contributed by atoms with Crippen LogP contribution in [-0.4, -0.2) is 10.8 Å². The van der Waals surface area contributed by atoms with E-state index in [-0.39, 0.29) is 18.0 Å². The molecule has 2 nitrogen and oxygen atoms in total. The Hall–Kier alpha value is -2.87. The highest BCUT2D eigenvalue weighted by Crippen LogP contribution is 2.55. The highest BCUT2D eigenvalue weighted by atomic mass is 16.2. The van der Waals surface area contributed by atoms with Gasteiger partial charge < -0.3 is 4.90 Å². The minimum absolute atomic E-state index is 0.0910. The van der Waals surface area contributed by atoms with E-state index in [0.29, 0.717) is 0 Å². The van der Waals surface area contributed by atoms with Gasteiger partial charge in [0.2, 0.25) is 0 Å². The number of benzene rings is 3. The first-order valence-corrected chi connectivity index (χ1v) is 7.84. The van der Waals surface area contributed by atoms with Crippen molar-refractivity contribution < 1.29 is 4.79 Å². The number of carbonyl (C=O) groups excluding carboxylic acids is 1. The van der Waals surface area contributed by atoms with E-state index in [9.17, 15) is 4.79 Å². The lowest BCUT2D eigenvalue weighted by molar-refractivity contribution is 0.0864. The summed E-state index contributed by atoms with van der Waals surface area (Å²) in [7, 11) is 0. The van der Waals surface area contributed by atoms with Crippen LogP contribution in [0.4, 0.5) is 0 Å². The van der Waals surface area contributed by atoms with Crippen molar-refractivity contribution in [1.82, 2.24) is 4.90 Å². The van der Waals surface area contributed by atoms with Gasteiger partial charge in [0, 0.05) is 5.56 Å². The van der Waals surface area contributed by atoms with Gasteiger partial charge in [-0.2, -0.15) is 0 Å². The fourth-order valence-corrected chi connectivity index (χ4v) is 3.20. The zero-order valence-electron chi connectivity index (χ0n) is 12.7. The van der Waals surface area contributed by atoms with Crippen LogP contribution in [0.5, 0.6) is 0 Å². The number of nitrogens with zero attached hydrogens (tertiary/aromatic N) is 1. The molecule has 4 rings (SSSR count). The van der Waals surface area contributed by atoms with E-state index < -0.39 is 0 Å². The fourth-order valence-electron chi connectivity index (χ4n) is 3.20. The summed E-state index contributed by atoms with van der Waals surface area (Å²) in [6.45, 7) is 0. The molecule has 1 aliphatic heterocycles. The molecule has 0 radical (unpaired) electrons. The Morgan fingerprint density at radius 1 is 0.609 bits per heavy atom. The molecule has 0 aromatic heterocycles. The highest BCUT2D eigenvalue weighted by Gasteiger charge is 2.52. The van der Waals surface area contributed by atoms with Crippen molar-refractivity contribution >= 4 is 5.91 Å². The van der Waals surface area contributed by atoms with Crippen molar-refractivity contribution in [2.24, 2.45) is 0 Å². The lowest BCUT2D eigenvalue weighted by Gasteiger charge is -2.05. The summed E-state index contributed by atoms with van der Waals surface area (Å²) < 4.78 is 0. The van der Waals surface area contributed by atoms with Crippen LogP contribution < -0.4 is 0 Å². The van der Waals surface area contributed by atoms with Crippen LogP contribution in [0.25, 0.3) is 0 Å². The molecule has 0 N–H and O–H groups in total.